The second kappa shape index (κ2) is 6.41. The van der Waals surface area contributed by atoms with E-state index in [0.717, 1.165) is 21.4 Å². The molecule has 2 rings (SSSR count). The van der Waals surface area contributed by atoms with Gasteiger partial charge in [0.05, 0.1) is 5.75 Å². The number of aromatic nitrogens is 3. The van der Waals surface area contributed by atoms with Crippen LogP contribution in [-0.4, -0.2) is 31.6 Å². The number of hydrogen-bond acceptors (Lipinski definition) is 4. The molecule has 0 amide bonds. The minimum atomic E-state index is -0.860. The molecule has 0 aliphatic heterocycles. The minimum absolute atomic E-state index is 0.0164. The maximum Gasteiger partial charge on any atom is 0.313 e. The number of carbonyl (C=O) groups is 1. The van der Waals surface area contributed by atoms with Crippen molar-refractivity contribution < 1.29 is 9.90 Å². The van der Waals surface area contributed by atoms with Gasteiger partial charge in [-0.05, 0) is 31.5 Å². The molecule has 1 N–H and O–H groups in total. The van der Waals surface area contributed by atoms with Crippen LogP contribution in [0, 0.1) is 6.92 Å². The van der Waals surface area contributed by atoms with Crippen LogP contribution in [-0.2, 0) is 11.3 Å². The lowest BCUT2D eigenvalue weighted by molar-refractivity contribution is -0.133. The van der Waals surface area contributed by atoms with Gasteiger partial charge in [0.1, 0.15) is 0 Å². The van der Waals surface area contributed by atoms with Gasteiger partial charge >= 0.3 is 5.97 Å². The topological polar surface area (TPSA) is 68.0 Å². The Kier molecular flexibility index (Phi) is 4.82. The molecular weight excluding hydrogens is 342 g/mol. The maximum atomic E-state index is 10.6. The molecule has 0 radical (unpaired) electrons. The van der Waals surface area contributed by atoms with Crippen LogP contribution in [0.4, 0.5) is 0 Å². The van der Waals surface area contributed by atoms with Gasteiger partial charge in [-0.1, -0.05) is 33.8 Å². The smallest absolute Gasteiger partial charge is 0.313 e. The third kappa shape index (κ3) is 3.21. The normalized spacial score (nSPS) is 10.8. The van der Waals surface area contributed by atoms with Crippen molar-refractivity contribution in [1.29, 1.82) is 0 Å². The van der Waals surface area contributed by atoms with Crippen molar-refractivity contribution in [2.45, 2.75) is 25.5 Å². The first-order chi connectivity index (χ1) is 9.52. The zero-order valence-electron chi connectivity index (χ0n) is 11.1. The van der Waals surface area contributed by atoms with Gasteiger partial charge in [0.2, 0.25) is 0 Å². The predicted octanol–water partition coefficient (Wildman–Crippen LogP) is 3.21. The largest absolute Gasteiger partial charge is 0.481 e. The Hall–Kier alpha value is -1.34. The summed E-state index contributed by atoms with van der Waals surface area (Å²) in [4.78, 5) is 10.6. The fraction of sp³-hybridized carbons (Fsp3) is 0.308. The molecule has 20 heavy (non-hydrogen) atoms. The summed E-state index contributed by atoms with van der Waals surface area (Å²) in [7, 11) is 0. The second-order valence-electron chi connectivity index (χ2n) is 4.20. The zero-order valence-corrected chi connectivity index (χ0v) is 13.5. The molecule has 5 nitrogen and oxygen atoms in total. The molecule has 2 aromatic rings. The van der Waals surface area contributed by atoms with E-state index in [2.05, 4.69) is 26.1 Å². The van der Waals surface area contributed by atoms with Crippen LogP contribution in [0.3, 0.4) is 0 Å². The van der Waals surface area contributed by atoms with Crippen molar-refractivity contribution in [3.05, 3.63) is 28.2 Å². The van der Waals surface area contributed by atoms with Gasteiger partial charge in [0.25, 0.3) is 0 Å². The Labute approximate surface area is 129 Å². The number of nitrogens with zero attached hydrogens (tertiary/aromatic N) is 3. The van der Waals surface area contributed by atoms with Gasteiger partial charge < -0.3 is 9.67 Å². The molecule has 0 saturated carbocycles. The molecule has 0 aliphatic rings. The van der Waals surface area contributed by atoms with Crippen molar-refractivity contribution >= 4 is 33.7 Å². The Morgan fingerprint density at radius 2 is 2.20 bits per heavy atom. The number of carboxylic acids is 1. The molecule has 1 aromatic heterocycles. The van der Waals surface area contributed by atoms with E-state index in [1.807, 2.05) is 36.6 Å². The van der Waals surface area contributed by atoms with Crippen LogP contribution in [0.15, 0.2) is 27.8 Å². The second-order valence-corrected chi connectivity index (χ2v) is 5.99. The average molecular weight is 356 g/mol. The summed E-state index contributed by atoms with van der Waals surface area (Å²) in [6.07, 6.45) is 0. The van der Waals surface area contributed by atoms with Crippen molar-refractivity contribution in [2.24, 2.45) is 0 Å². The third-order valence-corrected chi connectivity index (χ3v) is 4.62. The molecule has 0 fully saturated rings. The summed E-state index contributed by atoms with van der Waals surface area (Å²) in [5.74, 6) is -0.116. The van der Waals surface area contributed by atoms with Gasteiger partial charge in [-0.2, -0.15) is 0 Å². The van der Waals surface area contributed by atoms with Crippen LogP contribution in [0.5, 0.6) is 0 Å². The highest BCUT2D eigenvalue weighted by molar-refractivity contribution is 9.10. The molecular formula is C13H14BrN3O2S. The standard InChI is InChI=1S/C13H14BrN3O2S/c1-3-17-12(9-4-5-10(14)8(2)6-9)15-16-13(17)20-7-11(18)19/h4-6H,3,7H2,1-2H3,(H,18,19). The number of rotatable bonds is 5. The number of benzene rings is 1. The van der Waals surface area contributed by atoms with Crippen LogP contribution in [0.1, 0.15) is 12.5 Å². The summed E-state index contributed by atoms with van der Waals surface area (Å²) in [5.41, 5.74) is 2.09. The molecule has 106 valence electrons. The first kappa shape index (κ1) is 15.1. The molecule has 0 bridgehead atoms. The van der Waals surface area contributed by atoms with E-state index in [9.17, 15) is 4.79 Å². The molecule has 0 spiro atoms. The molecule has 0 aliphatic carbocycles. The summed E-state index contributed by atoms with van der Waals surface area (Å²) in [6, 6.07) is 5.98. The summed E-state index contributed by atoms with van der Waals surface area (Å²) < 4.78 is 2.97. The van der Waals surface area contributed by atoms with Gasteiger partial charge in [-0.3, -0.25) is 4.79 Å². The first-order valence-electron chi connectivity index (χ1n) is 6.07. The van der Waals surface area contributed by atoms with Gasteiger partial charge in [-0.15, -0.1) is 10.2 Å². The SMILES string of the molecule is CCn1c(SCC(=O)O)nnc1-c1ccc(Br)c(C)c1. The number of hydrogen-bond donors (Lipinski definition) is 1. The lowest BCUT2D eigenvalue weighted by atomic mass is 10.1. The van der Waals surface area contributed by atoms with Crippen molar-refractivity contribution in [3.63, 3.8) is 0 Å². The molecule has 1 aromatic carbocycles. The predicted molar refractivity (Wildman–Crippen MR) is 81.9 cm³/mol. The highest BCUT2D eigenvalue weighted by atomic mass is 79.9. The highest BCUT2D eigenvalue weighted by Gasteiger charge is 2.14. The monoisotopic (exact) mass is 355 g/mol. The summed E-state index contributed by atoms with van der Waals surface area (Å²) >= 11 is 4.65. The van der Waals surface area contributed by atoms with Crippen molar-refractivity contribution in [1.82, 2.24) is 14.8 Å². The Bertz CT molecular complexity index is 643. The van der Waals surface area contributed by atoms with Gasteiger partial charge in [0.15, 0.2) is 11.0 Å². The van der Waals surface area contributed by atoms with E-state index in [0.29, 0.717) is 11.7 Å². The zero-order chi connectivity index (χ0) is 14.7. The first-order valence-corrected chi connectivity index (χ1v) is 7.85. The fourth-order valence-corrected chi connectivity index (χ4v) is 2.77. The van der Waals surface area contributed by atoms with Gasteiger partial charge in [0, 0.05) is 16.6 Å². The number of aryl methyl sites for hydroxylation is 1. The van der Waals surface area contributed by atoms with E-state index in [4.69, 9.17) is 5.11 Å². The number of halogens is 1. The van der Waals surface area contributed by atoms with E-state index in [1.165, 1.54) is 11.8 Å². The molecule has 0 unspecified atom stereocenters. The summed E-state index contributed by atoms with van der Waals surface area (Å²) in [5, 5.41) is 17.7. The van der Waals surface area contributed by atoms with Crippen molar-refractivity contribution in [2.75, 3.05) is 5.75 Å². The number of thioether (sulfide) groups is 1. The molecule has 7 heteroatoms. The lowest BCUT2D eigenvalue weighted by Crippen LogP contribution is -2.03. The Balaban J connectivity index is 2.36. The minimum Gasteiger partial charge on any atom is -0.481 e. The lowest BCUT2D eigenvalue weighted by Gasteiger charge is -2.07. The van der Waals surface area contributed by atoms with Crippen LogP contribution in [0.25, 0.3) is 11.4 Å². The van der Waals surface area contributed by atoms with Crippen LogP contribution in [0.2, 0.25) is 0 Å². The van der Waals surface area contributed by atoms with Crippen LogP contribution >= 0.6 is 27.7 Å². The van der Waals surface area contributed by atoms with Gasteiger partial charge in [-0.25, -0.2) is 0 Å². The fourth-order valence-electron chi connectivity index (χ4n) is 1.80. The number of aliphatic carboxylic acids is 1. The third-order valence-electron chi connectivity index (χ3n) is 2.77. The molecule has 0 saturated heterocycles. The van der Waals surface area contributed by atoms with E-state index in [1.54, 1.807) is 0 Å². The van der Waals surface area contributed by atoms with E-state index >= 15 is 0 Å². The Morgan fingerprint density at radius 3 is 2.80 bits per heavy atom. The van der Waals surface area contributed by atoms with E-state index < -0.39 is 5.97 Å². The average Bonchev–Trinajstić information content (AvgIpc) is 2.82. The van der Waals surface area contributed by atoms with Crippen LogP contribution < -0.4 is 0 Å². The number of carboxylic acid groups (broad SMARTS) is 1. The van der Waals surface area contributed by atoms with Crippen molar-refractivity contribution in [3.8, 4) is 11.4 Å². The highest BCUT2D eigenvalue weighted by Crippen LogP contribution is 2.27. The quantitative estimate of drug-likeness (QED) is 0.834. The molecule has 0 atom stereocenters. The summed E-state index contributed by atoms with van der Waals surface area (Å²) in [6.45, 7) is 4.70. The Morgan fingerprint density at radius 1 is 1.45 bits per heavy atom. The maximum absolute atomic E-state index is 10.6. The molecule has 1 heterocycles. The van der Waals surface area contributed by atoms with E-state index in [-0.39, 0.29) is 5.75 Å².